The van der Waals surface area contributed by atoms with Gasteiger partial charge in [0.05, 0.1) is 10.6 Å². The zero-order valence-electron chi connectivity index (χ0n) is 6.94. The van der Waals surface area contributed by atoms with Crippen molar-refractivity contribution in [3.05, 3.63) is 40.7 Å². The third-order valence-electron chi connectivity index (χ3n) is 1.64. The summed E-state index contributed by atoms with van der Waals surface area (Å²) in [7, 11) is 0. The number of aromatic nitrogens is 4. The normalized spacial score (nSPS) is 10.0. The van der Waals surface area contributed by atoms with Crippen LogP contribution in [0.5, 0.6) is 0 Å². The largest absolute Gasteiger partial charge is 0.269 e. The first kappa shape index (κ1) is 8.30. The molecule has 2 rings (SSSR count). The van der Waals surface area contributed by atoms with Gasteiger partial charge in [0.25, 0.3) is 5.69 Å². The minimum atomic E-state index is -0.460. The fourth-order valence-corrected chi connectivity index (χ4v) is 0.993. The molecule has 0 N–H and O–H groups in total. The first-order valence-electron chi connectivity index (χ1n) is 3.75. The van der Waals surface area contributed by atoms with Gasteiger partial charge in [0.2, 0.25) is 0 Å². The van der Waals surface area contributed by atoms with Crippen molar-refractivity contribution in [2.24, 2.45) is 0 Å². The SMILES string of the molecule is O=[N+]([O-])c1ccc(-n2ncnn2)cc1. The molecule has 0 aliphatic rings. The van der Waals surface area contributed by atoms with E-state index in [1.54, 1.807) is 12.1 Å². The van der Waals surface area contributed by atoms with Crippen LogP contribution in [0, 0.1) is 10.1 Å². The summed E-state index contributed by atoms with van der Waals surface area (Å²) in [6.07, 6.45) is 1.29. The second kappa shape index (κ2) is 3.21. The van der Waals surface area contributed by atoms with Crippen molar-refractivity contribution in [3.63, 3.8) is 0 Å². The van der Waals surface area contributed by atoms with Gasteiger partial charge in [0, 0.05) is 12.1 Å². The van der Waals surface area contributed by atoms with E-state index in [0.717, 1.165) is 0 Å². The van der Waals surface area contributed by atoms with Crippen molar-refractivity contribution in [3.8, 4) is 5.69 Å². The van der Waals surface area contributed by atoms with E-state index in [1.807, 2.05) is 0 Å². The Morgan fingerprint density at radius 3 is 2.50 bits per heavy atom. The third-order valence-corrected chi connectivity index (χ3v) is 1.64. The summed E-state index contributed by atoms with van der Waals surface area (Å²) in [6, 6.07) is 5.89. The highest BCUT2D eigenvalue weighted by molar-refractivity contribution is 5.39. The van der Waals surface area contributed by atoms with Gasteiger partial charge < -0.3 is 0 Å². The first-order chi connectivity index (χ1) is 6.77. The van der Waals surface area contributed by atoms with E-state index in [4.69, 9.17) is 0 Å². The molecule has 1 aromatic heterocycles. The molecule has 0 atom stereocenters. The number of nitrogens with zero attached hydrogens (tertiary/aromatic N) is 5. The fourth-order valence-electron chi connectivity index (χ4n) is 0.993. The van der Waals surface area contributed by atoms with E-state index in [0.29, 0.717) is 5.69 Å². The van der Waals surface area contributed by atoms with Crippen molar-refractivity contribution in [1.82, 2.24) is 20.2 Å². The van der Waals surface area contributed by atoms with Crippen LogP contribution in [0.2, 0.25) is 0 Å². The Bertz CT molecular complexity index is 436. The number of hydrogen-bond donors (Lipinski definition) is 0. The number of hydrogen-bond acceptors (Lipinski definition) is 5. The predicted octanol–water partition coefficient (Wildman–Crippen LogP) is 0.570. The quantitative estimate of drug-likeness (QED) is 0.511. The van der Waals surface area contributed by atoms with Crippen LogP contribution in [0.1, 0.15) is 0 Å². The van der Waals surface area contributed by atoms with Crippen LogP contribution in [-0.4, -0.2) is 25.1 Å². The minimum Gasteiger partial charge on any atom is -0.258 e. The Balaban J connectivity index is 2.36. The number of nitro groups is 1. The molecule has 70 valence electrons. The van der Waals surface area contributed by atoms with Gasteiger partial charge in [0.1, 0.15) is 0 Å². The first-order valence-corrected chi connectivity index (χ1v) is 3.75. The molecular weight excluding hydrogens is 186 g/mol. The van der Waals surface area contributed by atoms with Gasteiger partial charge in [-0.3, -0.25) is 10.1 Å². The molecule has 7 nitrogen and oxygen atoms in total. The van der Waals surface area contributed by atoms with Gasteiger partial charge in [-0.25, -0.2) is 0 Å². The molecule has 0 saturated heterocycles. The van der Waals surface area contributed by atoms with Crippen LogP contribution in [0.25, 0.3) is 5.69 Å². The molecule has 1 heterocycles. The highest BCUT2D eigenvalue weighted by Gasteiger charge is 2.05. The summed E-state index contributed by atoms with van der Waals surface area (Å²) in [5, 5.41) is 21.3. The summed E-state index contributed by atoms with van der Waals surface area (Å²) in [5.41, 5.74) is 0.668. The zero-order valence-corrected chi connectivity index (χ0v) is 6.94. The van der Waals surface area contributed by atoms with E-state index in [2.05, 4.69) is 15.4 Å². The van der Waals surface area contributed by atoms with Crippen LogP contribution in [0.3, 0.4) is 0 Å². The number of non-ortho nitro benzene ring substituents is 1. The highest BCUT2D eigenvalue weighted by atomic mass is 16.6. The number of tetrazole rings is 1. The maximum absolute atomic E-state index is 10.4. The van der Waals surface area contributed by atoms with E-state index < -0.39 is 4.92 Å². The Morgan fingerprint density at radius 2 is 2.00 bits per heavy atom. The Labute approximate surface area is 78.1 Å². The van der Waals surface area contributed by atoms with E-state index >= 15 is 0 Å². The maximum Gasteiger partial charge on any atom is 0.269 e. The van der Waals surface area contributed by atoms with Gasteiger partial charge in [-0.2, -0.15) is 0 Å². The maximum atomic E-state index is 10.4. The van der Waals surface area contributed by atoms with Gasteiger partial charge in [0.15, 0.2) is 6.33 Å². The second-order valence-electron chi connectivity index (χ2n) is 2.50. The summed E-state index contributed by atoms with van der Waals surface area (Å²) < 4.78 is 0. The van der Waals surface area contributed by atoms with Crippen LogP contribution in [0.4, 0.5) is 5.69 Å². The molecule has 0 bridgehead atoms. The summed E-state index contributed by atoms with van der Waals surface area (Å²) in [4.78, 5) is 11.2. The van der Waals surface area contributed by atoms with Gasteiger partial charge >= 0.3 is 0 Å². The molecule has 0 fully saturated rings. The molecule has 0 amide bonds. The molecule has 0 aliphatic carbocycles. The van der Waals surface area contributed by atoms with Crippen molar-refractivity contribution in [2.75, 3.05) is 0 Å². The molecule has 2 aromatic rings. The lowest BCUT2D eigenvalue weighted by Gasteiger charge is -1.96. The summed E-state index contributed by atoms with van der Waals surface area (Å²) in [5.74, 6) is 0. The molecular formula is C7H5N5O2. The molecule has 0 aliphatic heterocycles. The Morgan fingerprint density at radius 1 is 1.29 bits per heavy atom. The summed E-state index contributed by atoms with van der Waals surface area (Å²) >= 11 is 0. The van der Waals surface area contributed by atoms with E-state index in [1.165, 1.54) is 23.3 Å². The van der Waals surface area contributed by atoms with Crippen molar-refractivity contribution >= 4 is 5.69 Å². The Hall–Kier alpha value is -2.31. The number of rotatable bonds is 2. The standard InChI is InChI=1S/C7H5N5O2/c13-12(14)7-3-1-6(2-4-7)11-9-5-8-10-11/h1-5H. The lowest BCUT2D eigenvalue weighted by atomic mass is 10.3. The van der Waals surface area contributed by atoms with E-state index in [-0.39, 0.29) is 5.69 Å². The van der Waals surface area contributed by atoms with Crippen LogP contribution in [-0.2, 0) is 0 Å². The van der Waals surface area contributed by atoms with Crippen molar-refractivity contribution in [1.29, 1.82) is 0 Å². The minimum absolute atomic E-state index is 0.0360. The van der Waals surface area contributed by atoms with Crippen molar-refractivity contribution < 1.29 is 4.92 Å². The van der Waals surface area contributed by atoms with Gasteiger partial charge in [-0.05, 0) is 17.3 Å². The zero-order chi connectivity index (χ0) is 9.97. The molecule has 0 saturated carbocycles. The molecule has 0 spiro atoms. The highest BCUT2D eigenvalue weighted by Crippen LogP contribution is 2.13. The van der Waals surface area contributed by atoms with Crippen molar-refractivity contribution in [2.45, 2.75) is 0 Å². The number of benzene rings is 1. The molecule has 14 heavy (non-hydrogen) atoms. The van der Waals surface area contributed by atoms with Crippen LogP contribution < -0.4 is 0 Å². The topological polar surface area (TPSA) is 86.7 Å². The van der Waals surface area contributed by atoms with E-state index in [9.17, 15) is 10.1 Å². The molecule has 7 heteroatoms. The average molecular weight is 191 g/mol. The number of nitro benzene ring substituents is 1. The third kappa shape index (κ3) is 1.42. The molecule has 0 unspecified atom stereocenters. The van der Waals surface area contributed by atoms with Crippen LogP contribution in [0.15, 0.2) is 30.6 Å². The van der Waals surface area contributed by atoms with Crippen LogP contribution >= 0.6 is 0 Å². The summed E-state index contributed by atoms with van der Waals surface area (Å²) in [6.45, 7) is 0. The lowest BCUT2D eigenvalue weighted by Crippen LogP contribution is -1.98. The predicted molar refractivity (Wildman–Crippen MR) is 45.8 cm³/mol. The molecule has 1 aromatic carbocycles. The monoisotopic (exact) mass is 191 g/mol. The Kier molecular flexibility index (Phi) is 1.90. The lowest BCUT2D eigenvalue weighted by molar-refractivity contribution is -0.384. The average Bonchev–Trinajstić information content (AvgIpc) is 2.71. The molecule has 0 radical (unpaired) electrons. The fraction of sp³-hybridized carbons (Fsp3) is 0. The second-order valence-corrected chi connectivity index (χ2v) is 2.50. The smallest absolute Gasteiger partial charge is 0.258 e. The van der Waals surface area contributed by atoms with Gasteiger partial charge in [-0.15, -0.1) is 15.0 Å². The van der Waals surface area contributed by atoms with Gasteiger partial charge in [-0.1, -0.05) is 0 Å².